The summed E-state index contributed by atoms with van der Waals surface area (Å²) in [7, 11) is -0.898. The lowest BCUT2D eigenvalue weighted by Gasteiger charge is -1.76. The lowest BCUT2D eigenvalue weighted by molar-refractivity contribution is 0.368. The molecule has 0 aromatic rings. The van der Waals surface area contributed by atoms with Gasteiger partial charge in [-0.2, -0.15) is 0 Å². The third kappa shape index (κ3) is 305. The van der Waals surface area contributed by atoms with Crippen LogP contribution in [0.25, 0.3) is 0 Å². The first-order valence-electron chi connectivity index (χ1n) is 0.804. The van der Waals surface area contributed by atoms with Crippen LogP contribution in [0.4, 0.5) is 0 Å². The van der Waals surface area contributed by atoms with Crippen molar-refractivity contribution in [2.75, 3.05) is 0 Å². The Balaban J connectivity index is 0. The topological polar surface area (TPSA) is 77.8 Å². The van der Waals surface area contributed by atoms with Crippen LogP contribution in [0, 0.1) is 0 Å². The molecule has 0 aliphatic carbocycles. The van der Waals surface area contributed by atoms with Crippen molar-refractivity contribution in [2.24, 2.45) is 0 Å². The standard InChI is InChI=1S/H3O3P.HOP/c1-4(2)3;1-2/h1-3H;2H. The molecule has 0 amide bonds. The summed E-state index contributed by atoms with van der Waals surface area (Å²) in [4.78, 5) is 21.7. The van der Waals surface area contributed by atoms with Crippen molar-refractivity contribution in [3.05, 3.63) is 0 Å². The minimum absolute atomic E-state index is 1.72. The SMILES string of the molecule is O=P.OP(O)O. The Hall–Kier alpha value is 0.410. The highest BCUT2D eigenvalue weighted by atomic mass is 31.2. The molecule has 0 saturated carbocycles. The molecule has 0 bridgehead atoms. The van der Waals surface area contributed by atoms with Crippen LogP contribution in [0.5, 0.6) is 0 Å². The van der Waals surface area contributed by atoms with E-state index in [1.165, 1.54) is 0 Å². The Bertz CT molecular complexity index is 16.8. The van der Waals surface area contributed by atoms with E-state index in [0.29, 0.717) is 0 Å². The van der Waals surface area contributed by atoms with E-state index in [9.17, 15) is 0 Å². The highest BCUT2D eigenvalue weighted by Crippen LogP contribution is 2.11. The lowest BCUT2D eigenvalue weighted by Crippen LogP contribution is -1.54. The molecular weight excluding hydrogens is 126 g/mol. The van der Waals surface area contributed by atoms with Gasteiger partial charge in [-0.3, -0.25) is 4.57 Å². The molecule has 0 saturated heterocycles. The van der Waals surface area contributed by atoms with E-state index in [-0.39, 0.29) is 0 Å². The molecule has 0 aliphatic rings. The molecule has 0 spiro atoms. The quantitative estimate of drug-likeness (QED) is 0.392. The minimum Gasteiger partial charge on any atom is -0.328 e. The number of hydrogen-bond donors (Lipinski definition) is 3. The van der Waals surface area contributed by atoms with E-state index in [2.05, 4.69) is 0 Å². The predicted molar refractivity (Wildman–Crippen MR) is 22.6 cm³/mol. The summed E-state index contributed by atoms with van der Waals surface area (Å²) in [6, 6.07) is 0. The van der Waals surface area contributed by atoms with Crippen LogP contribution in [0.2, 0.25) is 0 Å². The second kappa shape index (κ2) is 9.05. The predicted octanol–water partition coefficient (Wildman–Crippen LogP) is -0.335. The Labute approximate surface area is 38.1 Å². The van der Waals surface area contributed by atoms with Crippen LogP contribution in [-0.2, 0) is 4.57 Å². The van der Waals surface area contributed by atoms with E-state index < -0.39 is 8.60 Å². The lowest BCUT2D eigenvalue weighted by atomic mass is 15.8. The summed E-state index contributed by atoms with van der Waals surface area (Å²) in [6.07, 6.45) is 0. The van der Waals surface area contributed by atoms with Crippen molar-refractivity contribution in [1.82, 2.24) is 0 Å². The Morgan fingerprint density at radius 3 is 1.17 bits per heavy atom. The Morgan fingerprint density at radius 1 is 1.17 bits per heavy atom. The van der Waals surface area contributed by atoms with Crippen molar-refractivity contribution in [1.29, 1.82) is 0 Å². The van der Waals surface area contributed by atoms with Gasteiger partial charge in [0.25, 0.3) is 0 Å². The van der Waals surface area contributed by atoms with Crippen molar-refractivity contribution in [3.63, 3.8) is 0 Å². The van der Waals surface area contributed by atoms with Crippen molar-refractivity contribution in [3.8, 4) is 0 Å². The molecule has 0 radical (unpaired) electrons. The maximum absolute atomic E-state index is 8.06. The molecule has 0 aromatic heterocycles. The normalized spacial score (nSPS) is 6.67. The molecule has 0 fully saturated rings. The highest BCUT2D eigenvalue weighted by molar-refractivity contribution is 7.38. The summed E-state index contributed by atoms with van der Waals surface area (Å²) >= 11 is 0. The minimum atomic E-state index is -2.62. The highest BCUT2D eigenvalue weighted by Gasteiger charge is 1.76. The molecule has 4 nitrogen and oxygen atoms in total. The van der Waals surface area contributed by atoms with Crippen LogP contribution in [0.3, 0.4) is 0 Å². The number of hydrogen-bond acceptors (Lipinski definition) is 4. The summed E-state index contributed by atoms with van der Waals surface area (Å²) in [6.45, 7) is 0. The van der Waals surface area contributed by atoms with Gasteiger partial charge in [-0.1, -0.05) is 0 Å². The second-order valence-corrected chi connectivity index (χ2v) is 0.805. The van der Waals surface area contributed by atoms with Crippen LogP contribution < -0.4 is 0 Å². The molecule has 0 aromatic carbocycles. The first kappa shape index (κ1) is 9.65. The summed E-state index contributed by atoms with van der Waals surface area (Å²) < 4.78 is 8.06. The van der Waals surface area contributed by atoms with Crippen LogP contribution in [0.1, 0.15) is 0 Å². The maximum atomic E-state index is 8.06. The van der Waals surface area contributed by atoms with Crippen LogP contribution in [-0.4, -0.2) is 14.7 Å². The van der Waals surface area contributed by atoms with E-state index in [1.807, 2.05) is 0 Å². The first-order valence-corrected chi connectivity index (χ1v) is 2.41. The summed E-state index contributed by atoms with van der Waals surface area (Å²) in [5.41, 5.74) is 0. The van der Waals surface area contributed by atoms with E-state index >= 15 is 0 Å². The van der Waals surface area contributed by atoms with Gasteiger partial charge in [0.1, 0.15) is 9.12 Å². The van der Waals surface area contributed by atoms with Crippen molar-refractivity contribution in [2.45, 2.75) is 0 Å². The zero-order valence-corrected chi connectivity index (χ0v) is 4.59. The zero-order chi connectivity index (χ0) is 5.58. The van der Waals surface area contributed by atoms with Crippen LogP contribution >= 0.6 is 17.7 Å². The van der Waals surface area contributed by atoms with Crippen molar-refractivity contribution < 1.29 is 19.2 Å². The fraction of sp³-hybridized carbons (Fsp3) is 0. The molecule has 38 valence electrons. The molecule has 6 heteroatoms. The Kier molecular flexibility index (Phi) is 14.5. The van der Waals surface area contributed by atoms with Gasteiger partial charge in [-0.15, -0.1) is 0 Å². The first-order chi connectivity index (χ1) is 2.73. The molecular formula is H4O4P2. The molecule has 0 unspecified atom stereocenters. The van der Waals surface area contributed by atoms with Gasteiger partial charge in [-0.25, -0.2) is 0 Å². The van der Waals surface area contributed by atoms with E-state index in [0.717, 1.165) is 0 Å². The average Bonchev–Trinajstić information content (AvgIpc) is 1.41. The van der Waals surface area contributed by atoms with Gasteiger partial charge in [0.2, 0.25) is 0 Å². The molecule has 0 aliphatic heterocycles. The third-order valence-electron chi connectivity index (χ3n) is 0. The Morgan fingerprint density at radius 2 is 1.17 bits per heavy atom. The zero-order valence-electron chi connectivity index (χ0n) is 2.70. The second-order valence-electron chi connectivity index (χ2n) is 0.268. The molecule has 0 atom stereocenters. The largest absolute Gasteiger partial charge is 0.328 e. The van der Waals surface area contributed by atoms with Gasteiger partial charge >= 0.3 is 8.60 Å². The third-order valence-corrected chi connectivity index (χ3v) is 0. The van der Waals surface area contributed by atoms with Crippen LogP contribution in [0.15, 0.2) is 0 Å². The maximum Gasteiger partial charge on any atom is 0.324 e. The van der Waals surface area contributed by atoms with Gasteiger partial charge in [0, 0.05) is 0 Å². The average molecular weight is 130 g/mol. The van der Waals surface area contributed by atoms with Gasteiger partial charge in [0.15, 0.2) is 0 Å². The molecule has 6 heavy (non-hydrogen) atoms. The van der Waals surface area contributed by atoms with E-state index in [4.69, 9.17) is 19.2 Å². The monoisotopic (exact) mass is 130 g/mol. The molecule has 0 heterocycles. The van der Waals surface area contributed by atoms with Gasteiger partial charge in [0.05, 0.1) is 0 Å². The fourth-order valence-corrected chi connectivity index (χ4v) is 0. The fourth-order valence-electron chi connectivity index (χ4n) is 0. The van der Waals surface area contributed by atoms with Crippen molar-refractivity contribution >= 4 is 17.7 Å². The summed E-state index contributed by atoms with van der Waals surface area (Å²) in [5, 5.41) is 0. The summed E-state index contributed by atoms with van der Waals surface area (Å²) in [5.74, 6) is 0. The number of rotatable bonds is 0. The smallest absolute Gasteiger partial charge is 0.324 e. The molecule has 0 rings (SSSR count). The van der Waals surface area contributed by atoms with E-state index in [1.54, 1.807) is 9.12 Å². The molecule has 3 N–H and O–H groups in total. The van der Waals surface area contributed by atoms with Gasteiger partial charge in [-0.05, 0) is 0 Å². The van der Waals surface area contributed by atoms with Gasteiger partial charge < -0.3 is 14.7 Å².